The lowest BCUT2D eigenvalue weighted by atomic mass is 10.1. The second-order valence-corrected chi connectivity index (χ2v) is 6.80. The molecule has 0 fully saturated rings. The number of aromatic amines is 1. The molecular formula is C24H23N3O3. The van der Waals surface area contributed by atoms with Crippen LogP contribution in [0.4, 0.5) is 0 Å². The Hall–Kier alpha value is -3.85. The maximum absolute atomic E-state index is 12.1. The van der Waals surface area contributed by atoms with Gasteiger partial charge in [0, 0.05) is 29.7 Å². The van der Waals surface area contributed by atoms with Gasteiger partial charge in [0.25, 0.3) is 0 Å². The summed E-state index contributed by atoms with van der Waals surface area (Å²) in [5.74, 6) is -0.446. The summed E-state index contributed by atoms with van der Waals surface area (Å²) < 4.78 is 4.94. The number of H-pyrrole nitrogens is 1. The van der Waals surface area contributed by atoms with Gasteiger partial charge in [0.1, 0.15) is 0 Å². The number of aromatic nitrogens is 1. The number of amides is 1. The highest BCUT2D eigenvalue weighted by Crippen LogP contribution is 2.21. The molecule has 30 heavy (non-hydrogen) atoms. The topological polar surface area (TPSA) is 95.0 Å². The number of hydrogen-bond acceptors (Lipinski definition) is 4. The second kappa shape index (κ2) is 10.1. The summed E-state index contributed by atoms with van der Waals surface area (Å²) in [4.78, 5) is 26.8. The van der Waals surface area contributed by atoms with Gasteiger partial charge in [-0.3, -0.25) is 9.59 Å². The van der Waals surface area contributed by atoms with Crippen LogP contribution in [-0.2, 0) is 33.7 Å². The Labute approximate surface area is 175 Å². The van der Waals surface area contributed by atoms with E-state index in [2.05, 4.69) is 16.4 Å². The highest BCUT2D eigenvalue weighted by atomic mass is 16.5. The van der Waals surface area contributed by atoms with Crippen LogP contribution in [0.15, 0.2) is 54.7 Å². The highest BCUT2D eigenvalue weighted by molar-refractivity contribution is 5.93. The Morgan fingerprint density at radius 3 is 2.67 bits per heavy atom. The minimum absolute atomic E-state index is 0.197. The SMILES string of the molecule is CCOC(=O)Cc1ccc(CNC(=O)/C=C/c2ccc3[nH]cc(CC#N)c3c2)cc1. The van der Waals surface area contributed by atoms with E-state index in [1.54, 1.807) is 13.0 Å². The molecule has 0 aliphatic carbocycles. The van der Waals surface area contributed by atoms with E-state index < -0.39 is 0 Å². The Bertz CT molecular complexity index is 1100. The monoisotopic (exact) mass is 401 g/mol. The maximum Gasteiger partial charge on any atom is 0.310 e. The van der Waals surface area contributed by atoms with E-state index in [1.165, 1.54) is 6.08 Å². The lowest BCUT2D eigenvalue weighted by Crippen LogP contribution is -2.20. The molecule has 0 radical (unpaired) electrons. The third-order valence-electron chi connectivity index (χ3n) is 4.63. The average molecular weight is 401 g/mol. The van der Waals surface area contributed by atoms with Crippen molar-refractivity contribution in [1.29, 1.82) is 5.26 Å². The quantitative estimate of drug-likeness (QED) is 0.445. The van der Waals surface area contributed by atoms with E-state index in [0.29, 0.717) is 19.6 Å². The van der Waals surface area contributed by atoms with E-state index in [4.69, 9.17) is 10.00 Å². The summed E-state index contributed by atoms with van der Waals surface area (Å²) in [6.45, 7) is 2.55. The molecule has 0 unspecified atom stereocenters. The van der Waals surface area contributed by atoms with Crippen molar-refractivity contribution in [3.63, 3.8) is 0 Å². The minimum atomic E-state index is -0.249. The van der Waals surface area contributed by atoms with Gasteiger partial charge in [-0.25, -0.2) is 0 Å². The molecule has 2 N–H and O–H groups in total. The van der Waals surface area contributed by atoms with Gasteiger partial charge in [-0.1, -0.05) is 30.3 Å². The molecule has 1 heterocycles. The number of fused-ring (bicyclic) bond motifs is 1. The summed E-state index contributed by atoms with van der Waals surface area (Å²) in [6, 6.07) is 15.5. The van der Waals surface area contributed by atoms with Crippen LogP contribution in [-0.4, -0.2) is 23.5 Å². The molecule has 6 nitrogen and oxygen atoms in total. The average Bonchev–Trinajstić information content (AvgIpc) is 3.14. The molecule has 152 valence electrons. The molecule has 1 amide bonds. The predicted molar refractivity (Wildman–Crippen MR) is 115 cm³/mol. The van der Waals surface area contributed by atoms with Gasteiger partial charge < -0.3 is 15.0 Å². The van der Waals surface area contributed by atoms with Crippen molar-refractivity contribution in [2.24, 2.45) is 0 Å². The number of nitriles is 1. The molecular weight excluding hydrogens is 378 g/mol. The van der Waals surface area contributed by atoms with Gasteiger partial charge in [-0.05, 0) is 47.4 Å². The predicted octanol–water partition coefficient (Wildman–Crippen LogP) is 3.67. The molecule has 0 saturated carbocycles. The number of hydrogen-bond donors (Lipinski definition) is 2. The van der Waals surface area contributed by atoms with Crippen molar-refractivity contribution in [3.8, 4) is 6.07 Å². The third kappa shape index (κ3) is 5.58. The summed E-state index contributed by atoms with van der Waals surface area (Å²) in [6.07, 6.45) is 5.66. The van der Waals surface area contributed by atoms with Crippen LogP contribution >= 0.6 is 0 Å². The molecule has 0 aliphatic heterocycles. The van der Waals surface area contributed by atoms with Crippen LogP contribution < -0.4 is 5.32 Å². The van der Waals surface area contributed by atoms with Crippen molar-refractivity contribution in [3.05, 3.63) is 77.0 Å². The summed E-state index contributed by atoms with van der Waals surface area (Å²) >= 11 is 0. The fourth-order valence-electron chi connectivity index (χ4n) is 3.10. The standard InChI is InChI=1S/C24H23N3O3/c1-2-30-24(29)14-18-3-5-19(6-4-18)15-27-23(28)10-8-17-7-9-22-21(13-17)20(11-12-25)16-26-22/h3-10,13,16,26H,2,11,14-15H2,1H3,(H,27,28)/b10-8+. The van der Waals surface area contributed by atoms with Gasteiger partial charge in [0.05, 0.1) is 25.5 Å². The van der Waals surface area contributed by atoms with Crippen LogP contribution in [0.25, 0.3) is 17.0 Å². The Kier molecular flexibility index (Phi) is 7.01. The molecule has 2 aromatic carbocycles. The molecule has 0 bridgehead atoms. The molecule has 0 atom stereocenters. The van der Waals surface area contributed by atoms with Crippen LogP contribution in [0, 0.1) is 11.3 Å². The number of ether oxygens (including phenoxy) is 1. The highest BCUT2D eigenvalue weighted by Gasteiger charge is 2.05. The molecule has 3 rings (SSSR count). The lowest BCUT2D eigenvalue weighted by molar-refractivity contribution is -0.142. The van der Waals surface area contributed by atoms with E-state index in [9.17, 15) is 9.59 Å². The molecule has 3 aromatic rings. The Morgan fingerprint density at radius 2 is 1.93 bits per heavy atom. The van der Waals surface area contributed by atoms with Crippen LogP contribution in [0.5, 0.6) is 0 Å². The summed E-state index contributed by atoms with van der Waals surface area (Å²) in [7, 11) is 0. The van der Waals surface area contributed by atoms with Crippen molar-refractivity contribution in [1.82, 2.24) is 10.3 Å². The first-order chi connectivity index (χ1) is 14.6. The zero-order chi connectivity index (χ0) is 21.3. The first-order valence-corrected chi connectivity index (χ1v) is 9.75. The molecule has 0 saturated heterocycles. The van der Waals surface area contributed by atoms with Crippen LogP contribution in [0.2, 0.25) is 0 Å². The zero-order valence-corrected chi connectivity index (χ0v) is 16.8. The van der Waals surface area contributed by atoms with Crippen LogP contribution in [0.3, 0.4) is 0 Å². The van der Waals surface area contributed by atoms with E-state index >= 15 is 0 Å². The minimum Gasteiger partial charge on any atom is -0.466 e. The van der Waals surface area contributed by atoms with Crippen molar-refractivity contribution in [2.75, 3.05) is 6.61 Å². The lowest BCUT2D eigenvalue weighted by Gasteiger charge is -2.05. The third-order valence-corrected chi connectivity index (χ3v) is 4.63. The van der Waals surface area contributed by atoms with Gasteiger partial charge in [0.2, 0.25) is 5.91 Å². The number of carbonyl (C=O) groups is 2. The van der Waals surface area contributed by atoms with Gasteiger partial charge in [-0.15, -0.1) is 0 Å². The Morgan fingerprint density at radius 1 is 1.17 bits per heavy atom. The van der Waals surface area contributed by atoms with Crippen molar-refractivity contribution < 1.29 is 14.3 Å². The number of nitrogens with zero attached hydrogens (tertiary/aromatic N) is 1. The molecule has 6 heteroatoms. The number of nitrogens with one attached hydrogen (secondary N) is 2. The fraction of sp³-hybridized carbons (Fsp3) is 0.208. The van der Waals surface area contributed by atoms with Gasteiger partial charge in [0.15, 0.2) is 0 Å². The number of esters is 1. The maximum atomic E-state index is 12.1. The second-order valence-electron chi connectivity index (χ2n) is 6.80. The van der Waals surface area contributed by atoms with E-state index in [0.717, 1.165) is 33.2 Å². The van der Waals surface area contributed by atoms with E-state index in [1.807, 2.05) is 48.7 Å². The number of carbonyl (C=O) groups excluding carboxylic acids is 2. The zero-order valence-electron chi connectivity index (χ0n) is 16.8. The first-order valence-electron chi connectivity index (χ1n) is 9.75. The van der Waals surface area contributed by atoms with Gasteiger partial charge in [-0.2, -0.15) is 5.26 Å². The normalized spacial score (nSPS) is 10.8. The fourth-order valence-corrected chi connectivity index (χ4v) is 3.10. The molecule has 0 aliphatic rings. The largest absolute Gasteiger partial charge is 0.466 e. The number of rotatable bonds is 8. The van der Waals surface area contributed by atoms with Crippen molar-refractivity contribution >= 4 is 28.9 Å². The molecule has 1 aromatic heterocycles. The van der Waals surface area contributed by atoms with Gasteiger partial charge >= 0.3 is 5.97 Å². The first kappa shape index (κ1) is 20.9. The Balaban J connectivity index is 1.55. The van der Waals surface area contributed by atoms with E-state index in [-0.39, 0.29) is 18.3 Å². The summed E-state index contributed by atoms with van der Waals surface area (Å²) in [5.41, 5.74) is 4.62. The molecule has 0 spiro atoms. The van der Waals surface area contributed by atoms with Crippen LogP contribution in [0.1, 0.15) is 29.2 Å². The van der Waals surface area contributed by atoms with Crippen molar-refractivity contribution in [2.45, 2.75) is 26.3 Å². The summed E-state index contributed by atoms with van der Waals surface area (Å²) in [5, 5.41) is 12.8. The smallest absolute Gasteiger partial charge is 0.310 e. The number of benzene rings is 2.